The van der Waals surface area contributed by atoms with Crippen LogP contribution in [0.3, 0.4) is 0 Å². The Morgan fingerprint density at radius 1 is 1.00 bits per heavy atom. The molecule has 1 aromatic heterocycles. The van der Waals surface area contributed by atoms with Crippen LogP contribution in [0.5, 0.6) is 0 Å². The molecular weight excluding hydrogens is 348 g/mol. The first-order valence-electron chi connectivity index (χ1n) is 9.84. The summed E-state index contributed by atoms with van der Waals surface area (Å²) in [5.74, 6) is 0.00486. The van der Waals surface area contributed by atoms with E-state index >= 15 is 0 Å². The molecule has 28 heavy (non-hydrogen) atoms. The van der Waals surface area contributed by atoms with Gasteiger partial charge in [0.15, 0.2) is 0 Å². The molecule has 0 radical (unpaired) electrons. The molecule has 0 bridgehead atoms. The minimum absolute atomic E-state index is 0.00486. The van der Waals surface area contributed by atoms with Crippen LogP contribution in [-0.4, -0.2) is 33.7 Å². The molecule has 0 fully saturated rings. The molecule has 3 rings (SSSR count). The summed E-state index contributed by atoms with van der Waals surface area (Å²) < 4.78 is 1.79. The zero-order valence-electron chi connectivity index (χ0n) is 16.6. The fourth-order valence-electron chi connectivity index (χ4n) is 3.19. The van der Waals surface area contributed by atoms with Gasteiger partial charge in [0.05, 0.1) is 18.3 Å². The first-order valence-corrected chi connectivity index (χ1v) is 9.84. The number of benzene rings is 2. The summed E-state index contributed by atoms with van der Waals surface area (Å²) in [4.78, 5) is 14.8. The third-order valence-corrected chi connectivity index (χ3v) is 4.90. The van der Waals surface area contributed by atoms with Crippen molar-refractivity contribution in [3.05, 3.63) is 83.7 Å². The molecule has 0 saturated heterocycles. The number of para-hydroxylation sites is 1. The van der Waals surface area contributed by atoms with E-state index in [0.717, 1.165) is 30.9 Å². The molecular formula is C23H28N4O. The minimum atomic E-state index is 0.00486. The van der Waals surface area contributed by atoms with Crippen molar-refractivity contribution in [2.75, 3.05) is 13.1 Å². The summed E-state index contributed by atoms with van der Waals surface area (Å²) in [6.45, 7) is 7.82. The van der Waals surface area contributed by atoms with Crippen molar-refractivity contribution in [1.29, 1.82) is 0 Å². The summed E-state index contributed by atoms with van der Waals surface area (Å²) in [7, 11) is 0. The molecule has 0 aliphatic heterocycles. The Kier molecular flexibility index (Phi) is 6.98. The van der Waals surface area contributed by atoms with Gasteiger partial charge in [-0.15, -0.1) is 0 Å². The molecule has 1 heterocycles. The van der Waals surface area contributed by atoms with Crippen molar-refractivity contribution >= 4 is 5.91 Å². The minimum Gasteiger partial charge on any atom is -0.352 e. The van der Waals surface area contributed by atoms with Crippen LogP contribution < -0.4 is 5.32 Å². The Morgan fingerprint density at radius 2 is 1.68 bits per heavy atom. The highest BCUT2D eigenvalue weighted by molar-refractivity contribution is 5.78. The van der Waals surface area contributed by atoms with E-state index in [4.69, 9.17) is 0 Å². The Labute approximate surface area is 167 Å². The van der Waals surface area contributed by atoms with E-state index in [-0.39, 0.29) is 5.91 Å². The number of carbonyl (C=O) groups is 1. The predicted molar refractivity (Wildman–Crippen MR) is 112 cm³/mol. The van der Waals surface area contributed by atoms with Crippen molar-refractivity contribution < 1.29 is 4.79 Å². The van der Waals surface area contributed by atoms with Crippen LogP contribution in [0.15, 0.2) is 67.0 Å². The normalized spacial score (nSPS) is 11.0. The molecule has 0 aliphatic carbocycles. The summed E-state index contributed by atoms with van der Waals surface area (Å²) in [6.07, 6.45) is 3.98. The Balaban J connectivity index is 1.57. The van der Waals surface area contributed by atoms with Crippen LogP contribution in [0.1, 0.15) is 30.5 Å². The lowest BCUT2D eigenvalue weighted by molar-refractivity contribution is -0.120. The Morgan fingerprint density at radius 3 is 2.39 bits per heavy atom. The van der Waals surface area contributed by atoms with Crippen molar-refractivity contribution in [1.82, 2.24) is 20.0 Å². The molecule has 3 aromatic rings. The van der Waals surface area contributed by atoms with Crippen molar-refractivity contribution in [3.8, 4) is 5.69 Å². The van der Waals surface area contributed by atoms with Crippen LogP contribution in [0.4, 0.5) is 0 Å². The van der Waals surface area contributed by atoms with Gasteiger partial charge in [-0.05, 0) is 41.9 Å². The highest BCUT2D eigenvalue weighted by Crippen LogP contribution is 2.12. The predicted octanol–water partition coefficient (Wildman–Crippen LogP) is 3.57. The number of nitrogens with zero attached hydrogens (tertiary/aromatic N) is 3. The zero-order chi connectivity index (χ0) is 19.8. The number of hydrogen-bond donors (Lipinski definition) is 1. The van der Waals surface area contributed by atoms with Crippen LogP contribution >= 0.6 is 0 Å². The maximum Gasteiger partial charge on any atom is 0.224 e. The van der Waals surface area contributed by atoms with E-state index in [1.807, 2.05) is 42.6 Å². The Bertz CT molecular complexity index is 884. The fourth-order valence-corrected chi connectivity index (χ4v) is 3.19. The van der Waals surface area contributed by atoms with Crippen LogP contribution in [0.25, 0.3) is 5.69 Å². The smallest absolute Gasteiger partial charge is 0.224 e. The highest BCUT2D eigenvalue weighted by atomic mass is 16.1. The number of amides is 1. The number of carbonyl (C=O) groups excluding carboxylic acids is 1. The second-order valence-corrected chi connectivity index (χ2v) is 6.81. The third-order valence-electron chi connectivity index (χ3n) is 4.90. The summed E-state index contributed by atoms with van der Waals surface area (Å²) in [5.41, 5.74) is 4.32. The van der Waals surface area contributed by atoms with Crippen LogP contribution in [0, 0.1) is 0 Å². The molecule has 1 N–H and O–H groups in total. The third kappa shape index (κ3) is 5.30. The van der Waals surface area contributed by atoms with E-state index in [0.29, 0.717) is 13.0 Å². The van der Waals surface area contributed by atoms with Gasteiger partial charge < -0.3 is 5.32 Å². The molecule has 2 aromatic carbocycles. The second-order valence-electron chi connectivity index (χ2n) is 6.81. The number of nitrogens with one attached hydrogen (secondary N) is 1. The molecule has 5 nitrogen and oxygen atoms in total. The van der Waals surface area contributed by atoms with Gasteiger partial charge in [0.2, 0.25) is 5.91 Å². The second kappa shape index (κ2) is 9.85. The van der Waals surface area contributed by atoms with Crippen molar-refractivity contribution in [3.63, 3.8) is 0 Å². The molecule has 1 amide bonds. The van der Waals surface area contributed by atoms with Crippen molar-refractivity contribution in [2.45, 2.75) is 33.4 Å². The highest BCUT2D eigenvalue weighted by Gasteiger charge is 2.09. The van der Waals surface area contributed by atoms with Crippen LogP contribution in [-0.2, 0) is 24.3 Å². The Hall–Kier alpha value is -2.92. The van der Waals surface area contributed by atoms with E-state index in [1.54, 1.807) is 10.9 Å². The average Bonchev–Trinajstić information content (AvgIpc) is 3.20. The topological polar surface area (TPSA) is 50.2 Å². The largest absolute Gasteiger partial charge is 0.352 e. The molecule has 0 spiro atoms. The van der Waals surface area contributed by atoms with E-state index in [9.17, 15) is 4.79 Å². The maximum atomic E-state index is 12.4. The number of hydrogen-bond acceptors (Lipinski definition) is 3. The lowest BCUT2D eigenvalue weighted by atomic mass is 10.1. The summed E-state index contributed by atoms with van der Waals surface area (Å²) in [6, 6.07) is 18.2. The quantitative estimate of drug-likeness (QED) is 0.621. The summed E-state index contributed by atoms with van der Waals surface area (Å²) >= 11 is 0. The van der Waals surface area contributed by atoms with Gasteiger partial charge in [0, 0.05) is 19.3 Å². The molecule has 0 saturated carbocycles. The molecule has 5 heteroatoms. The monoisotopic (exact) mass is 376 g/mol. The molecule has 0 unspecified atom stereocenters. The summed E-state index contributed by atoms with van der Waals surface area (Å²) in [5, 5.41) is 7.41. The van der Waals surface area contributed by atoms with Crippen LogP contribution in [0.2, 0.25) is 0 Å². The van der Waals surface area contributed by atoms with Gasteiger partial charge in [-0.3, -0.25) is 9.69 Å². The SMILES string of the molecule is CCN(CC)Cc1ccccc1CNC(=O)Cc1cnn(-c2ccccc2)c1. The van der Waals surface area contributed by atoms with Gasteiger partial charge in [0.25, 0.3) is 0 Å². The van der Waals surface area contributed by atoms with Gasteiger partial charge in [-0.2, -0.15) is 5.10 Å². The average molecular weight is 377 g/mol. The first kappa shape index (κ1) is 19.8. The molecule has 0 atom stereocenters. The number of rotatable bonds is 9. The van der Waals surface area contributed by atoms with Gasteiger partial charge in [-0.25, -0.2) is 4.68 Å². The zero-order valence-corrected chi connectivity index (χ0v) is 16.6. The van der Waals surface area contributed by atoms with E-state index in [2.05, 4.69) is 47.4 Å². The van der Waals surface area contributed by atoms with E-state index < -0.39 is 0 Å². The lowest BCUT2D eigenvalue weighted by Crippen LogP contribution is -2.27. The molecule has 146 valence electrons. The van der Waals surface area contributed by atoms with Crippen molar-refractivity contribution in [2.24, 2.45) is 0 Å². The maximum absolute atomic E-state index is 12.4. The van der Waals surface area contributed by atoms with E-state index in [1.165, 1.54) is 11.1 Å². The lowest BCUT2D eigenvalue weighted by Gasteiger charge is -2.20. The fraction of sp³-hybridized carbons (Fsp3) is 0.304. The van der Waals surface area contributed by atoms with Gasteiger partial charge in [0.1, 0.15) is 0 Å². The van der Waals surface area contributed by atoms with Gasteiger partial charge in [-0.1, -0.05) is 56.3 Å². The molecule has 0 aliphatic rings. The van der Waals surface area contributed by atoms with Gasteiger partial charge >= 0.3 is 0 Å². The first-order chi connectivity index (χ1) is 13.7. The number of aromatic nitrogens is 2. The standard InChI is InChI=1S/C23H28N4O/c1-3-26(4-2)18-21-11-9-8-10-20(21)16-24-23(28)14-19-15-25-27(17-19)22-12-6-5-7-13-22/h5-13,15,17H,3-4,14,16,18H2,1-2H3,(H,24,28).